The summed E-state index contributed by atoms with van der Waals surface area (Å²) in [6, 6.07) is 4.21. The lowest BCUT2D eigenvalue weighted by Gasteiger charge is -2.40. The Bertz CT molecular complexity index is 583. The van der Waals surface area contributed by atoms with Gasteiger partial charge in [-0.3, -0.25) is 9.59 Å². The Balaban J connectivity index is 2.33. The van der Waals surface area contributed by atoms with Crippen LogP contribution in [0.3, 0.4) is 0 Å². The fraction of sp³-hybridized carbons (Fsp3) is 0.385. The summed E-state index contributed by atoms with van der Waals surface area (Å²) in [4.78, 5) is 40.3. The van der Waals surface area contributed by atoms with Gasteiger partial charge in [-0.1, -0.05) is 6.07 Å². The molecule has 2 heterocycles. The predicted molar refractivity (Wildman–Crippen MR) is 69.3 cm³/mol. The molecule has 2 amide bonds. The molecular formula is C13H15N3O4. The van der Waals surface area contributed by atoms with E-state index in [9.17, 15) is 14.4 Å². The highest BCUT2D eigenvalue weighted by Gasteiger charge is 2.41. The zero-order chi connectivity index (χ0) is 14.9. The summed E-state index contributed by atoms with van der Waals surface area (Å²) in [5, 5.41) is 11.6. The molecule has 1 aliphatic heterocycles. The molecule has 1 saturated heterocycles. The van der Waals surface area contributed by atoms with Crippen LogP contribution in [-0.2, 0) is 4.79 Å². The highest BCUT2D eigenvalue weighted by molar-refractivity contribution is 5.99. The first-order valence-corrected chi connectivity index (χ1v) is 6.14. The van der Waals surface area contributed by atoms with E-state index >= 15 is 0 Å². The third-order valence-electron chi connectivity index (χ3n) is 3.28. The fourth-order valence-electron chi connectivity index (χ4n) is 2.07. The third-order valence-corrected chi connectivity index (χ3v) is 3.28. The standard InChI is InChI=1S/C13H15N3O4/c1-13(2)12(20)14-6-7-16(13)10(17)8-4-3-5-9(15-8)11(18)19/h3-5H,6-7H2,1-2H3,(H,14,20)(H,18,19). The van der Waals surface area contributed by atoms with E-state index in [1.807, 2.05) is 0 Å². The number of hydrogen-bond acceptors (Lipinski definition) is 4. The number of carbonyl (C=O) groups excluding carboxylic acids is 2. The average molecular weight is 277 g/mol. The van der Waals surface area contributed by atoms with Gasteiger partial charge in [0.05, 0.1) is 0 Å². The first kappa shape index (κ1) is 14.0. The largest absolute Gasteiger partial charge is 0.477 e. The van der Waals surface area contributed by atoms with Crippen LogP contribution in [0.2, 0.25) is 0 Å². The monoisotopic (exact) mass is 277 g/mol. The van der Waals surface area contributed by atoms with Gasteiger partial charge < -0.3 is 15.3 Å². The Morgan fingerprint density at radius 3 is 2.65 bits per heavy atom. The lowest BCUT2D eigenvalue weighted by molar-refractivity contribution is -0.133. The summed E-state index contributed by atoms with van der Waals surface area (Å²) in [5.41, 5.74) is -1.17. The molecule has 1 aliphatic rings. The van der Waals surface area contributed by atoms with Crippen LogP contribution in [0.15, 0.2) is 18.2 Å². The second-order valence-corrected chi connectivity index (χ2v) is 4.98. The van der Waals surface area contributed by atoms with Gasteiger partial charge in [0.15, 0.2) is 0 Å². The van der Waals surface area contributed by atoms with Crippen molar-refractivity contribution >= 4 is 17.8 Å². The molecule has 0 bridgehead atoms. The Labute approximate surface area is 115 Å². The number of aromatic nitrogens is 1. The third kappa shape index (κ3) is 2.34. The van der Waals surface area contributed by atoms with Crippen molar-refractivity contribution in [2.45, 2.75) is 19.4 Å². The highest BCUT2D eigenvalue weighted by Crippen LogP contribution is 2.20. The number of rotatable bonds is 2. The zero-order valence-electron chi connectivity index (χ0n) is 11.2. The van der Waals surface area contributed by atoms with Gasteiger partial charge in [-0.2, -0.15) is 0 Å². The maximum atomic E-state index is 12.4. The van der Waals surface area contributed by atoms with E-state index in [1.54, 1.807) is 13.8 Å². The Morgan fingerprint density at radius 1 is 1.35 bits per heavy atom. The molecule has 106 valence electrons. The predicted octanol–water partition coefficient (Wildman–Crippen LogP) is 0.130. The van der Waals surface area contributed by atoms with E-state index in [-0.39, 0.29) is 17.3 Å². The van der Waals surface area contributed by atoms with Crippen LogP contribution in [0.1, 0.15) is 34.8 Å². The maximum Gasteiger partial charge on any atom is 0.354 e. The Kier molecular flexibility index (Phi) is 3.44. The van der Waals surface area contributed by atoms with Crippen molar-refractivity contribution in [1.82, 2.24) is 15.2 Å². The highest BCUT2D eigenvalue weighted by atomic mass is 16.4. The second kappa shape index (κ2) is 4.92. The molecule has 1 fully saturated rings. The second-order valence-electron chi connectivity index (χ2n) is 4.98. The number of pyridine rings is 1. The number of nitrogens with zero attached hydrogens (tertiary/aromatic N) is 2. The number of aromatic carboxylic acids is 1. The van der Waals surface area contributed by atoms with Crippen molar-refractivity contribution in [3.63, 3.8) is 0 Å². The van der Waals surface area contributed by atoms with Crippen molar-refractivity contribution in [2.75, 3.05) is 13.1 Å². The van der Waals surface area contributed by atoms with Gasteiger partial charge in [0, 0.05) is 13.1 Å². The van der Waals surface area contributed by atoms with Crippen LogP contribution in [0.25, 0.3) is 0 Å². The molecule has 0 aliphatic carbocycles. The number of carboxylic acids is 1. The molecule has 20 heavy (non-hydrogen) atoms. The minimum absolute atomic E-state index is 0.0210. The number of carboxylic acid groups (broad SMARTS) is 1. The van der Waals surface area contributed by atoms with Crippen molar-refractivity contribution in [2.24, 2.45) is 0 Å². The lowest BCUT2D eigenvalue weighted by atomic mass is 9.98. The molecule has 1 aromatic heterocycles. The van der Waals surface area contributed by atoms with Gasteiger partial charge in [-0.25, -0.2) is 9.78 Å². The van der Waals surface area contributed by atoms with Crippen molar-refractivity contribution in [3.8, 4) is 0 Å². The SMILES string of the molecule is CC1(C)C(=O)NCCN1C(=O)c1cccc(C(=O)O)n1. The van der Waals surface area contributed by atoms with E-state index in [2.05, 4.69) is 10.3 Å². The van der Waals surface area contributed by atoms with Gasteiger partial charge in [0.1, 0.15) is 16.9 Å². The molecule has 0 aromatic carbocycles. The molecular weight excluding hydrogens is 262 g/mol. The van der Waals surface area contributed by atoms with E-state index in [4.69, 9.17) is 5.11 Å². The van der Waals surface area contributed by atoms with Crippen LogP contribution in [-0.4, -0.2) is 51.4 Å². The average Bonchev–Trinajstić information content (AvgIpc) is 2.41. The number of carbonyl (C=O) groups is 3. The molecule has 0 unspecified atom stereocenters. The Morgan fingerprint density at radius 2 is 2.00 bits per heavy atom. The molecule has 7 heteroatoms. The molecule has 0 spiro atoms. The van der Waals surface area contributed by atoms with Crippen LogP contribution < -0.4 is 5.32 Å². The summed E-state index contributed by atoms with van der Waals surface area (Å²) in [6.45, 7) is 4.00. The van der Waals surface area contributed by atoms with E-state index in [1.165, 1.54) is 23.1 Å². The van der Waals surface area contributed by atoms with E-state index in [0.29, 0.717) is 13.1 Å². The van der Waals surface area contributed by atoms with Gasteiger partial charge in [-0.05, 0) is 26.0 Å². The number of nitrogens with one attached hydrogen (secondary N) is 1. The summed E-state index contributed by atoms with van der Waals surface area (Å²) < 4.78 is 0. The quantitative estimate of drug-likeness (QED) is 0.800. The molecule has 2 rings (SSSR count). The molecule has 0 saturated carbocycles. The maximum absolute atomic E-state index is 12.4. The molecule has 2 N–H and O–H groups in total. The van der Waals surface area contributed by atoms with Crippen molar-refractivity contribution < 1.29 is 19.5 Å². The number of amides is 2. The zero-order valence-corrected chi connectivity index (χ0v) is 11.2. The molecule has 1 aromatic rings. The lowest BCUT2D eigenvalue weighted by Crippen LogP contribution is -2.63. The van der Waals surface area contributed by atoms with Gasteiger partial charge in [0.25, 0.3) is 5.91 Å². The van der Waals surface area contributed by atoms with E-state index < -0.39 is 17.4 Å². The molecule has 7 nitrogen and oxygen atoms in total. The molecule has 0 radical (unpaired) electrons. The van der Waals surface area contributed by atoms with Crippen LogP contribution >= 0.6 is 0 Å². The van der Waals surface area contributed by atoms with Crippen LogP contribution in [0.5, 0.6) is 0 Å². The number of hydrogen-bond donors (Lipinski definition) is 2. The first-order valence-electron chi connectivity index (χ1n) is 6.14. The molecule has 0 atom stereocenters. The van der Waals surface area contributed by atoms with Crippen LogP contribution in [0.4, 0.5) is 0 Å². The summed E-state index contributed by atoms with van der Waals surface area (Å²) in [5.74, 6) is -1.89. The van der Waals surface area contributed by atoms with Gasteiger partial charge in [0.2, 0.25) is 5.91 Å². The van der Waals surface area contributed by atoms with Gasteiger partial charge in [-0.15, -0.1) is 0 Å². The smallest absolute Gasteiger partial charge is 0.354 e. The van der Waals surface area contributed by atoms with Crippen LogP contribution in [0, 0.1) is 0 Å². The van der Waals surface area contributed by atoms with Crippen molar-refractivity contribution in [3.05, 3.63) is 29.6 Å². The van der Waals surface area contributed by atoms with Crippen molar-refractivity contribution in [1.29, 1.82) is 0 Å². The minimum atomic E-state index is -1.20. The summed E-state index contributed by atoms with van der Waals surface area (Å²) in [7, 11) is 0. The fourth-order valence-corrected chi connectivity index (χ4v) is 2.07. The summed E-state index contributed by atoms with van der Waals surface area (Å²) >= 11 is 0. The first-order chi connectivity index (χ1) is 9.34. The number of piperazine rings is 1. The summed E-state index contributed by atoms with van der Waals surface area (Å²) in [6.07, 6.45) is 0. The topological polar surface area (TPSA) is 99.6 Å². The minimum Gasteiger partial charge on any atom is -0.477 e. The normalized spacial score (nSPS) is 17.5. The van der Waals surface area contributed by atoms with Gasteiger partial charge >= 0.3 is 5.97 Å². The Hall–Kier alpha value is -2.44. The van der Waals surface area contributed by atoms with E-state index in [0.717, 1.165) is 0 Å².